The van der Waals surface area contributed by atoms with Crippen molar-refractivity contribution in [2.24, 2.45) is 0 Å². The molecule has 1 aromatic carbocycles. The van der Waals surface area contributed by atoms with Crippen molar-refractivity contribution in [1.82, 2.24) is 35.5 Å². The molecule has 7 rings (SSSR count). The highest BCUT2D eigenvalue weighted by atomic mass is 16.3. The molecule has 184 valence electrons. The van der Waals surface area contributed by atoms with Crippen molar-refractivity contribution in [1.29, 1.82) is 0 Å². The fourth-order valence-electron chi connectivity index (χ4n) is 4.76. The molecule has 0 aliphatic heterocycles. The minimum atomic E-state index is 0.719. The number of rotatable bonds is 7. The summed E-state index contributed by atoms with van der Waals surface area (Å²) in [4.78, 5) is 17.2. The topological polar surface area (TPSA) is 108 Å². The summed E-state index contributed by atoms with van der Waals surface area (Å²) in [6, 6.07) is 20.5. The number of pyridine rings is 3. The third-order valence-electron chi connectivity index (χ3n) is 6.64. The second-order valence-corrected chi connectivity index (χ2v) is 9.17. The van der Waals surface area contributed by atoms with E-state index in [1.807, 2.05) is 36.8 Å². The number of nitrogens with zero attached hydrogens (tertiary/aromatic N) is 4. The van der Waals surface area contributed by atoms with E-state index in [0.29, 0.717) is 0 Å². The van der Waals surface area contributed by atoms with E-state index in [4.69, 9.17) is 4.42 Å². The SMILES string of the molecule is c1ccc(CNCc2cncc(-c3cc4c(-c5cc6c(-c7ccoc7)nccc6[nH]5)n[nH]c4cn3)c2)cc1. The van der Waals surface area contributed by atoms with Gasteiger partial charge in [-0.1, -0.05) is 30.3 Å². The highest BCUT2D eigenvalue weighted by Crippen LogP contribution is 2.34. The molecule has 0 unspecified atom stereocenters. The first-order valence-electron chi connectivity index (χ1n) is 12.4. The lowest BCUT2D eigenvalue weighted by Crippen LogP contribution is -2.12. The molecule has 6 heterocycles. The van der Waals surface area contributed by atoms with Gasteiger partial charge < -0.3 is 14.7 Å². The first kappa shape index (κ1) is 22.1. The number of nitrogens with one attached hydrogen (secondary N) is 3. The number of benzene rings is 1. The second kappa shape index (κ2) is 9.42. The molecule has 0 atom stereocenters. The van der Waals surface area contributed by atoms with Crippen LogP contribution in [0, 0.1) is 0 Å². The van der Waals surface area contributed by atoms with E-state index in [1.54, 1.807) is 18.7 Å². The maximum atomic E-state index is 5.28. The average Bonchev–Trinajstić information content (AvgIpc) is 3.73. The van der Waals surface area contributed by atoms with Gasteiger partial charge in [0, 0.05) is 59.1 Å². The van der Waals surface area contributed by atoms with Crippen molar-refractivity contribution in [3.8, 4) is 33.9 Å². The van der Waals surface area contributed by atoms with Gasteiger partial charge in [0.05, 0.1) is 41.3 Å². The van der Waals surface area contributed by atoms with E-state index in [2.05, 4.69) is 77.9 Å². The average molecular weight is 498 g/mol. The summed E-state index contributed by atoms with van der Waals surface area (Å²) in [5.74, 6) is 0. The number of hydrogen-bond acceptors (Lipinski definition) is 6. The predicted molar refractivity (Wildman–Crippen MR) is 147 cm³/mol. The van der Waals surface area contributed by atoms with Gasteiger partial charge in [0.15, 0.2) is 0 Å². The summed E-state index contributed by atoms with van der Waals surface area (Å²) in [6.07, 6.45) is 10.7. The lowest BCUT2D eigenvalue weighted by Gasteiger charge is -2.07. The normalized spacial score (nSPS) is 11.5. The van der Waals surface area contributed by atoms with Crippen molar-refractivity contribution in [2.75, 3.05) is 0 Å². The van der Waals surface area contributed by atoms with Gasteiger partial charge in [0.2, 0.25) is 0 Å². The molecule has 7 aromatic rings. The molecular formula is C30H23N7O. The molecule has 0 aliphatic carbocycles. The van der Waals surface area contributed by atoms with Crippen LogP contribution in [0.1, 0.15) is 11.1 Å². The Morgan fingerprint density at radius 2 is 1.66 bits per heavy atom. The first-order valence-corrected chi connectivity index (χ1v) is 12.4. The molecule has 8 nitrogen and oxygen atoms in total. The maximum absolute atomic E-state index is 5.28. The minimum absolute atomic E-state index is 0.719. The van der Waals surface area contributed by atoms with E-state index < -0.39 is 0 Å². The molecule has 0 saturated heterocycles. The zero-order chi connectivity index (χ0) is 25.3. The summed E-state index contributed by atoms with van der Waals surface area (Å²) >= 11 is 0. The largest absolute Gasteiger partial charge is 0.472 e. The van der Waals surface area contributed by atoms with E-state index >= 15 is 0 Å². The van der Waals surface area contributed by atoms with Crippen LogP contribution >= 0.6 is 0 Å². The van der Waals surface area contributed by atoms with Crippen molar-refractivity contribution in [3.05, 3.63) is 109 Å². The van der Waals surface area contributed by atoms with E-state index in [1.165, 1.54) is 5.56 Å². The highest BCUT2D eigenvalue weighted by Gasteiger charge is 2.16. The van der Waals surface area contributed by atoms with E-state index in [0.717, 1.165) is 74.4 Å². The lowest BCUT2D eigenvalue weighted by atomic mass is 10.1. The molecule has 0 radical (unpaired) electrons. The first-order chi connectivity index (χ1) is 18.8. The Kier molecular flexibility index (Phi) is 5.49. The third-order valence-corrected chi connectivity index (χ3v) is 6.64. The van der Waals surface area contributed by atoms with Crippen LogP contribution < -0.4 is 5.32 Å². The molecule has 0 fully saturated rings. The number of furan rings is 1. The van der Waals surface area contributed by atoms with Gasteiger partial charge in [-0.05, 0) is 41.5 Å². The van der Waals surface area contributed by atoms with Gasteiger partial charge in [0.1, 0.15) is 5.69 Å². The molecule has 0 bridgehead atoms. The smallest absolute Gasteiger partial charge is 0.116 e. The summed E-state index contributed by atoms with van der Waals surface area (Å²) < 4.78 is 5.28. The summed E-state index contributed by atoms with van der Waals surface area (Å²) in [7, 11) is 0. The Bertz CT molecular complexity index is 1850. The van der Waals surface area contributed by atoms with Crippen LogP contribution in [0.5, 0.6) is 0 Å². The molecule has 3 N–H and O–H groups in total. The highest BCUT2D eigenvalue weighted by molar-refractivity contribution is 6.00. The van der Waals surface area contributed by atoms with Crippen LogP contribution in [0.2, 0.25) is 0 Å². The fourth-order valence-corrected chi connectivity index (χ4v) is 4.76. The predicted octanol–water partition coefficient (Wildman–Crippen LogP) is 6.11. The number of aromatic nitrogens is 6. The maximum Gasteiger partial charge on any atom is 0.116 e. The summed E-state index contributed by atoms with van der Waals surface area (Å²) in [5.41, 5.74) is 9.53. The molecular weight excluding hydrogens is 474 g/mol. The van der Waals surface area contributed by atoms with E-state index in [9.17, 15) is 0 Å². The number of H-pyrrole nitrogens is 2. The van der Waals surface area contributed by atoms with Crippen molar-refractivity contribution in [3.63, 3.8) is 0 Å². The minimum Gasteiger partial charge on any atom is -0.472 e. The van der Waals surface area contributed by atoms with Gasteiger partial charge in [0.25, 0.3) is 0 Å². The van der Waals surface area contributed by atoms with E-state index in [-0.39, 0.29) is 0 Å². The van der Waals surface area contributed by atoms with Crippen LogP contribution in [0.15, 0.2) is 102 Å². The van der Waals surface area contributed by atoms with Gasteiger partial charge >= 0.3 is 0 Å². The molecule has 0 aliphatic rings. The van der Waals surface area contributed by atoms with Crippen LogP contribution in [0.25, 0.3) is 55.7 Å². The second-order valence-electron chi connectivity index (χ2n) is 9.17. The van der Waals surface area contributed by atoms with Crippen LogP contribution in [-0.2, 0) is 13.1 Å². The van der Waals surface area contributed by atoms with Gasteiger partial charge in [-0.15, -0.1) is 0 Å². The number of hydrogen-bond donors (Lipinski definition) is 3. The number of fused-ring (bicyclic) bond motifs is 2. The molecule has 38 heavy (non-hydrogen) atoms. The van der Waals surface area contributed by atoms with Crippen LogP contribution in [0.4, 0.5) is 0 Å². The molecule has 0 spiro atoms. The Balaban J connectivity index is 1.20. The Hall–Kier alpha value is -5.08. The Morgan fingerprint density at radius 3 is 2.55 bits per heavy atom. The molecule has 0 amide bonds. The summed E-state index contributed by atoms with van der Waals surface area (Å²) in [6.45, 7) is 1.52. The van der Waals surface area contributed by atoms with Gasteiger partial charge in [-0.2, -0.15) is 5.10 Å². The van der Waals surface area contributed by atoms with Crippen LogP contribution in [0.3, 0.4) is 0 Å². The monoisotopic (exact) mass is 497 g/mol. The van der Waals surface area contributed by atoms with Crippen molar-refractivity contribution in [2.45, 2.75) is 13.1 Å². The zero-order valence-corrected chi connectivity index (χ0v) is 20.3. The summed E-state index contributed by atoms with van der Waals surface area (Å²) in [5, 5.41) is 13.2. The van der Waals surface area contributed by atoms with Crippen molar-refractivity contribution >= 4 is 21.8 Å². The van der Waals surface area contributed by atoms with Gasteiger partial charge in [-0.25, -0.2) is 0 Å². The standard InChI is InChI=1S/C30H23N7O/c1-2-4-19(5-3-1)13-31-14-20-10-22(16-32-15-20)26-11-24-28(17-34-26)36-37-30(24)27-12-23-25(35-27)6-8-33-29(23)21-7-9-38-18-21/h1-12,15-18,31,35H,13-14H2,(H,36,37). The Morgan fingerprint density at radius 1 is 0.763 bits per heavy atom. The van der Waals surface area contributed by atoms with Crippen molar-refractivity contribution < 1.29 is 4.42 Å². The fraction of sp³-hybridized carbons (Fsp3) is 0.0667. The number of aromatic amines is 2. The quantitative estimate of drug-likeness (QED) is 0.245. The third kappa shape index (κ3) is 4.12. The zero-order valence-electron chi connectivity index (χ0n) is 20.3. The Labute approximate surface area is 217 Å². The lowest BCUT2D eigenvalue weighted by molar-refractivity contribution is 0.568. The molecule has 8 heteroatoms. The van der Waals surface area contributed by atoms with Gasteiger partial charge in [-0.3, -0.25) is 20.1 Å². The molecule has 0 saturated carbocycles. The van der Waals surface area contributed by atoms with Crippen LogP contribution in [-0.4, -0.2) is 30.1 Å². The molecule has 6 aromatic heterocycles.